The van der Waals surface area contributed by atoms with Crippen LogP contribution in [0.5, 0.6) is 17.4 Å². The molecule has 108 valence electrons. The number of fused-ring (bicyclic) bond motifs is 1. The maximum atomic E-state index is 10.7. The van der Waals surface area contributed by atoms with E-state index in [4.69, 9.17) is 19.9 Å². The minimum Gasteiger partial charge on any atom is -0.473 e. The molecule has 0 fully saturated rings. The average molecular weight is 289 g/mol. The number of nitrogens with zero attached hydrogens (tertiary/aromatic N) is 2. The fraction of sp³-hybridized carbons (Fsp3) is 0.154. The maximum absolute atomic E-state index is 10.7. The van der Waals surface area contributed by atoms with Crippen LogP contribution >= 0.6 is 0 Å². The van der Waals surface area contributed by atoms with Gasteiger partial charge in [-0.15, -0.1) is 0 Å². The third-order valence-electron chi connectivity index (χ3n) is 2.84. The molecule has 3 rings (SSSR count). The molecule has 1 aromatic carbocycles. The summed E-state index contributed by atoms with van der Waals surface area (Å²) in [4.78, 5) is 14.1. The van der Waals surface area contributed by atoms with E-state index in [1.165, 1.54) is 12.1 Å². The minimum atomic E-state index is -0.550. The molecule has 0 atom stereocenters. The second kappa shape index (κ2) is 5.16. The van der Waals surface area contributed by atoms with Crippen molar-refractivity contribution in [2.75, 3.05) is 12.5 Å². The highest BCUT2D eigenvalue weighted by molar-refractivity contribution is 5.46. The van der Waals surface area contributed by atoms with Crippen molar-refractivity contribution in [3.05, 3.63) is 46.0 Å². The Kier molecular flexibility index (Phi) is 3.19. The first-order valence-corrected chi connectivity index (χ1v) is 6.05. The molecule has 2 aromatic rings. The molecule has 2 N–H and O–H groups in total. The van der Waals surface area contributed by atoms with Gasteiger partial charge in [0.15, 0.2) is 11.5 Å². The number of anilines is 1. The molecule has 0 aliphatic carbocycles. The van der Waals surface area contributed by atoms with Crippen LogP contribution in [0.3, 0.4) is 0 Å². The first-order chi connectivity index (χ1) is 10.1. The quantitative estimate of drug-likeness (QED) is 0.675. The van der Waals surface area contributed by atoms with Crippen molar-refractivity contribution in [3.63, 3.8) is 0 Å². The van der Waals surface area contributed by atoms with Gasteiger partial charge in [0.1, 0.15) is 12.4 Å². The summed E-state index contributed by atoms with van der Waals surface area (Å²) in [5.41, 5.74) is 6.17. The number of nitro groups is 1. The van der Waals surface area contributed by atoms with Crippen molar-refractivity contribution in [1.29, 1.82) is 0 Å². The predicted molar refractivity (Wildman–Crippen MR) is 72.2 cm³/mol. The highest BCUT2D eigenvalue weighted by Gasteiger charge is 2.14. The third-order valence-corrected chi connectivity index (χ3v) is 2.84. The number of ether oxygens (including phenoxy) is 3. The van der Waals surface area contributed by atoms with Crippen molar-refractivity contribution in [2.24, 2.45) is 0 Å². The zero-order valence-electron chi connectivity index (χ0n) is 10.8. The van der Waals surface area contributed by atoms with E-state index in [1.54, 1.807) is 12.1 Å². The molecule has 1 aromatic heterocycles. The van der Waals surface area contributed by atoms with E-state index in [-0.39, 0.29) is 30.8 Å². The summed E-state index contributed by atoms with van der Waals surface area (Å²) in [6.45, 7) is 0.382. The number of hydrogen-bond acceptors (Lipinski definition) is 7. The first kappa shape index (κ1) is 13.0. The van der Waals surface area contributed by atoms with Crippen LogP contribution in [0.25, 0.3) is 0 Å². The van der Waals surface area contributed by atoms with Crippen molar-refractivity contribution in [2.45, 2.75) is 6.61 Å². The molecule has 0 saturated carbocycles. The van der Waals surface area contributed by atoms with Crippen LogP contribution in [0.1, 0.15) is 5.56 Å². The predicted octanol–water partition coefficient (Wildman–Crippen LogP) is 1.88. The molecule has 0 bridgehead atoms. The fourth-order valence-electron chi connectivity index (χ4n) is 1.88. The number of nitrogens with two attached hydrogens (primary N) is 1. The summed E-state index contributed by atoms with van der Waals surface area (Å²) >= 11 is 0. The molecule has 0 saturated heterocycles. The van der Waals surface area contributed by atoms with Crippen LogP contribution < -0.4 is 19.9 Å². The Bertz CT molecular complexity index is 704. The molecule has 8 heteroatoms. The van der Waals surface area contributed by atoms with Crippen LogP contribution in [-0.4, -0.2) is 16.7 Å². The zero-order chi connectivity index (χ0) is 14.8. The van der Waals surface area contributed by atoms with Gasteiger partial charge in [-0.05, 0) is 17.7 Å². The maximum Gasteiger partial charge on any atom is 0.278 e. The summed E-state index contributed by atoms with van der Waals surface area (Å²) in [5.74, 6) is 1.45. The van der Waals surface area contributed by atoms with E-state index >= 15 is 0 Å². The molecule has 0 spiro atoms. The van der Waals surface area contributed by atoms with E-state index in [2.05, 4.69) is 4.98 Å². The van der Waals surface area contributed by atoms with E-state index in [9.17, 15) is 10.1 Å². The normalized spacial score (nSPS) is 12.2. The standard InChI is InChI=1S/C13H11N3O5/c14-12-4-9(16(17)18)5-13(15-12)19-6-8-1-2-10-11(3-8)21-7-20-10/h1-5H,6-7H2,(H2,14,15). The van der Waals surface area contributed by atoms with Crippen molar-refractivity contribution in [3.8, 4) is 17.4 Å². The van der Waals surface area contributed by atoms with E-state index in [1.807, 2.05) is 6.07 Å². The molecule has 21 heavy (non-hydrogen) atoms. The number of rotatable bonds is 4. The van der Waals surface area contributed by atoms with Gasteiger partial charge in [0.2, 0.25) is 12.7 Å². The number of nitrogen functional groups attached to an aromatic ring is 1. The molecular formula is C13H11N3O5. The lowest BCUT2D eigenvalue weighted by molar-refractivity contribution is -0.384. The number of pyridine rings is 1. The highest BCUT2D eigenvalue weighted by Crippen LogP contribution is 2.32. The third kappa shape index (κ3) is 2.78. The van der Waals surface area contributed by atoms with Gasteiger partial charge < -0.3 is 19.9 Å². The van der Waals surface area contributed by atoms with Crippen LogP contribution in [0.15, 0.2) is 30.3 Å². The van der Waals surface area contributed by atoms with Gasteiger partial charge in [0, 0.05) is 0 Å². The van der Waals surface area contributed by atoms with E-state index in [0.717, 1.165) is 5.56 Å². The van der Waals surface area contributed by atoms with Crippen molar-refractivity contribution >= 4 is 11.5 Å². The van der Waals surface area contributed by atoms with Crippen LogP contribution in [0.2, 0.25) is 0 Å². The van der Waals surface area contributed by atoms with E-state index < -0.39 is 4.92 Å². The number of aromatic nitrogens is 1. The largest absolute Gasteiger partial charge is 0.473 e. The Morgan fingerprint density at radius 2 is 2.10 bits per heavy atom. The Balaban J connectivity index is 1.74. The molecule has 0 unspecified atom stereocenters. The van der Waals surface area contributed by atoms with Crippen LogP contribution in [0, 0.1) is 10.1 Å². The van der Waals surface area contributed by atoms with Gasteiger partial charge in [-0.2, -0.15) is 4.98 Å². The number of benzene rings is 1. The molecule has 1 aliphatic rings. The average Bonchev–Trinajstić information content (AvgIpc) is 2.92. The molecule has 0 amide bonds. The molecular weight excluding hydrogens is 278 g/mol. The summed E-state index contributed by atoms with van der Waals surface area (Å²) in [6.07, 6.45) is 0. The van der Waals surface area contributed by atoms with Gasteiger partial charge in [-0.25, -0.2) is 0 Å². The Hall–Kier alpha value is -3.03. The molecule has 1 aliphatic heterocycles. The Morgan fingerprint density at radius 3 is 2.90 bits per heavy atom. The SMILES string of the molecule is Nc1cc([N+](=O)[O-])cc(OCc2ccc3c(c2)OCO3)n1. The lowest BCUT2D eigenvalue weighted by Gasteiger charge is -2.06. The summed E-state index contributed by atoms with van der Waals surface area (Å²) < 4.78 is 15.9. The van der Waals surface area contributed by atoms with Gasteiger partial charge >= 0.3 is 0 Å². The summed E-state index contributed by atoms with van der Waals surface area (Å²) in [7, 11) is 0. The molecule has 8 nitrogen and oxygen atoms in total. The van der Waals surface area contributed by atoms with Crippen LogP contribution in [0.4, 0.5) is 11.5 Å². The summed E-state index contributed by atoms with van der Waals surface area (Å²) in [5, 5.41) is 10.7. The van der Waals surface area contributed by atoms with Crippen molar-refractivity contribution < 1.29 is 19.1 Å². The fourth-order valence-corrected chi connectivity index (χ4v) is 1.88. The van der Waals surface area contributed by atoms with Gasteiger partial charge in [-0.1, -0.05) is 6.07 Å². The zero-order valence-corrected chi connectivity index (χ0v) is 10.8. The minimum absolute atomic E-state index is 0.0323. The van der Waals surface area contributed by atoms with Crippen LogP contribution in [-0.2, 0) is 6.61 Å². The second-order valence-corrected chi connectivity index (χ2v) is 4.32. The van der Waals surface area contributed by atoms with Gasteiger partial charge in [-0.3, -0.25) is 10.1 Å². The van der Waals surface area contributed by atoms with Crippen molar-refractivity contribution in [1.82, 2.24) is 4.98 Å². The lowest BCUT2D eigenvalue weighted by atomic mass is 10.2. The monoisotopic (exact) mass is 289 g/mol. The molecule has 0 radical (unpaired) electrons. The highest BCUT2D eigenvalue weighted by atomic mass is 16.7. The van der Waals surface area contributed by atoms with E-state index in [0.29, 0.717) is 11.5 Å². The smallest absolute Gasteiger partial charge is 0.278 e. The lowest BCUT2D eigenvalue weighted by Crippen LogP contribution is -2.01. The number of hydrogen-bond donors (Lipinski definition) is 1. The molecule has 2 heterocycles. The topological polar surface area (TPSA) is 110 Å². The van der Waals surface area contributed by atoms with Gasteiger partial charge in [0.05, 0.1) is 17.1 Å². The second-order valence-electron chi connectivity index (χ2n) is 4.32. The first-order valence-electron chi connectivity index (χ1n) is 6.05. The Morgan fingerprint density at radius 1 is 1.29 bits per heavy atom. The Labute approximate surface area is 119 Å². The summed E-state index contributed by atoms with van der Waals surface area (Å²) in [6, 6.07) is 7.77. The van der Waals surface area contributed by atoms with Gasteiger partial charge in [0.25, 0.3) is 5.69 Å².